The first-order valence-electron chi connectivity index (χ1n) is 7.42. The van der Waals surface area contributed by atoms with E-state index in [2.05, 4.69) is 19.1 Å². The van der Waals surface area contributed by atoms with Gasteiger partial charge in [-0.25, -0.2) is 0 Å². The first kappa shape index (κ1) is 14.4. The van der Waals surface area contributed by atoms with Gasteiger partial charge in [-0.2, -0.15) is 0 Å². The van der Waals surface area contributed by atoms with Crippen molar-refractivity contribution in [2.75, 3.05) is 0 Å². The van der Waals surface area contributed by atoms with Gasteiger partial charge in [-0.1, -0.05) is 56.5 Å². The summed E-state index contributed by atoms with van der Waals surface area (Å²) in [6.07, 6.45) is 6.19. The van der Waals surface area contributed by atoms with Crippen LogP contribution >= 0.6 is 0 Å². The fraction of sp³-hybridized carbons (Fsp3) is 0.333. The molecule has 2 nitrogen and oxygen atoms in total. The third kappa shape index (κ3) is 4.02. The largest absolute Gasteiger partial charge is 0.263 e. The standard InChI is InChI=1S/C18H22NO/c1-2-3-4-6-9-16-12-14-18(15-13-16)19(20)17-10-7-5-8-11-17/h5,7-8,10-15H,2-4,6,9H2,1H3/q+1. The summed E-state index contributed by atoms with van der Waals surface area (Å²) in [4.78, 5) is 12.2. The van der Waals surface area contributed by atoms with Crippen molar-refractivity contribution >= 4 is 11.4 Å². The van der Waals surface area contributed by atoms with Crippen molar-refractivity contribution in [2.45, 2.75) is 39.0 Å². The lowest BCUT2D eigenvalue weighted by atomic mass is 10.1. The summed E-state index contributed by atoms with van der Waals surface area (Å²) in [5.74, 6) is 0. The van der Waals surface area contributed by atoms with Crippen LogP contribution in [0.1, 0.15) is 38.2 Å². The number of unbranched alkanes of at least 4 members (excludes halogenated alkanes) is 3. The number of benzene rings is 2. The molecule has 0 saturated heterocycles. The van der Waals surface area contributed by atoms with Crippen molar-refractivity contribution in [3.8, 4) is 0 Å². The van der Waals surface area contributed by atoms with Gasteiger partial charge in [-0.05, 0) is 18.4 Å². The molecule has 2 heteroatoms. The van der Waals surface area contributed by atoms with E-state index in [1.54, 1.807) is 0 Å². The van der Waals surface area contributed by atoms with Crippen molar-refractivity contribution in [2.24, 2.45) is 0 Å². The molecular formula is C18H22NO+. The van der Waals surface area contributed by atoms with Gasteiger partial charge in [0.25, 0.3) is 11.4 Å². The van der Waals surface area contributed by atoms with E-state index in [1.807, 2.05) is 42.5 Å². The number of nitroso groups, excluding NO2 is 1. The highest BCUT2D eigenvalue weighted by molar-refractivity contribution is 5.51. The second kappa shape index (κ2) is 7.59. The molecule has 0 unspecified atom stereocenters. The molecule has 0 spiro atoms. The SMILES string of the molecule is CCCCCCc1ccc([N+](=O)c2ccccc2)cc1. The Labute approximate surface area is 121 Å². The van der Waals surface area contributed by atoms with Crippen LogP contribution in [0.3, 0.4) is 0 Å². The Morgan fingerprint density at radius 1 is 0.800 bits per heavy atom. The van der Waals surface area contributed by atoms with Gasteiger partial charge in [0, 0.05) is 29.2 Å². The average Bonchev–Trinajstić information content (AvgIpc) is 2.52. The number of para-hydroxylation sites is 1. The zero-order valence-electron chi connectivity index (χ0n) is 12.1. The Bertz CT molecular complexity index is 531. The molecule has 2 aromatic rings. The highest BCUT2D eigenvalue weighted by Crippen LogP contribution is 2.20. The fourth-order valence-corrected chi connectivity index (χ4v) is 2.27. The van der Waals surface area contributed by atoms with Crippen LogP contribution in [-0.4, -0.2) is 0 Å². The predicted octanol–water partition coefficient (Wildman–Crippen LogP) is 5.41. The number of hydrogen-bond acceptors (Lipinski definition) is 1. The average molecular weight is 268 g/mol. The molecule has 0 bridgehead atoms. The molecule has 0 N–H and O–H groups in total. The second-order valence-corrected chi connectivity index (χ2v) is 5.11. The third-order valence-electron chi connectivity index (χ3n) is 3.48. The van der Waals surface area contributed by atoms with E-state index in [1.165, 1.54) is 31.2 Å². The van der Waals surface area contributed by atoms with E-state index in [-0.39, 0.29) is 0 Å². The smallest absolute Gasteiger partial charge is 0.0654 e. The summed E-state index contributed by atoms with van der Waals surface area (Å²) in [5.41, 5.74) is 2.67. The molecule has 0 aliphatic rings. The molecule has 20 heavy (non-hydrogen) atoms. The van der Waals surface area contributed by atoms with Gasteiger partial charge in [0.2, 0.25) is 0 Å². The van der Waals surface area contributed by atoms with Crippen molar-refractivity contribution in [3.05, 3.63) is 65.1 Å². The summed E-state index contributed by atoms with van der Waals surface area (Å²) < 4.78 is 0.973. The second-order valence-electron chi connectivity index (χ2n) is 5.11. The van der Waals surface area contributed by atoms with E-state index >= 15 is 0 Å². The molecule has 0 aromatic heterocycles. The summed E-state index contributed by atoms with van der Waals surface area (Å²) in [6.45, 7) is 2.22. The minimum atomic E-state index is 0.670. The zero-order chi connectivity index (χ0) is 14.2. The van der Waals surface area contributed by atoms with Crippen LogP contribution in [0, 0.1) is 4.91 Å². The van der Waals surface area contributed by atoms with Crippen LogP contribution < -0.4 is 4.76 Å². The Morgan fingerprint density at radius 3 is 2.10 bits per heavy atom. The van der Waals surface area contributed by atoms with Gasteiger partial charge in [0.05, 0.1) is 4.76 Å². The lowest BCUT2D eigenvalue weighted by Crippen LogP contribution is -1.97. The van der Waals surface area contributed by atoms with Crippen molar-refractivity contribution in [3.63, 3.8) is 0 Å². The molecule has 0 atom stereocenters. The first-order chi connectivity index (χ1) is 9.81. The quantitative estimate of drug-likeness (QED) is 0.485. The zero-order valence-corrected chi connectivity index (χ0v) is 12.1. The molecular weight excluding hydrogens is 246 g/mol. The number of rotatable bonds is 7. The maximum atomic E-state index is 12.2. The number of nitrogens with zero attached hydrogens (tertiary/aromatic N) is 1. The van der Waals surface area contributed by atoms with Gasteiger partial charge in [0.1, 0.15) is 0 Å². The maximum Gasteiger partial charge on any atom is 0.263 e. The Balaban J connectivity index is 1.96. The number of hydrogen-bond donors (Lipinski definition) is 0. The topological polar surface area (TPSA) is 20.1 Å². The third-order valence-corrected chi connectivity index (χ3v) is 3.48. The lowest BCUT2D eigenvalue weighted by molar-refractivity contribution is 0.667. The molecule has 104 valence electrons. The summed E-state index contributed by atoms with van der Waals surface area (Å²) >= 11 is 0. The summed E-state index contributed by atoms with van der Waals surface area (Å²) in [5, 5.41) is 0. The van der Waals surface area contributed by atoms with Crippen LogP contribution in [0.4, 0.5) is 11.4 Å². The van der Waals surface area contributed by atoms with Crippen molar-refractivity contribution in [1.29, 1.82) is 0 Å². The first-order valence-corrected chi connectivity index (χ1v) is 7.42. The van der Waals surface area contributed by atoms with Crippen LogP contribution in [0.15, 0.2) is 54.6 Å². The summed E-state index contributed by atoms with van der Waals surface area (Å²) in [6, 6.07) is 17.3. The minimum Gasteiger partial charge on any atom is -0.0654 e. The molecule has 0 radical (unpaired) electrons. The molecule has 0 aliphatic carbocycles. The van der Waals surface area contributed by atoms with Crippen molar-refractivity contribution in [1.82, 2.24) is 4.76 Å². The van der Waals surface area contributed by atoms with Crippen LogP contribution in [0.25, 0.3) is 0 Å². The maximum absolute atomic E-state index is 12.2. The van der Waals surface area contributed by atoms with Crippen LogP contribution in [-0.2, 0) is 6.42 Å². The molecule has 0 heterocycles. The van der Waals surface area contributed by atoms with Crippen LogP contribution in [0.2, 0.25) is 0 Å². The fourth-order valence-electron chi connectivity index (χ4n) is 2.27. The van der Waals surface area contributed by atoms with Gasteiger partial charge < -0.3 is 0 Å². The predicted molar refractivity (Wildman–Crippen MR) is 85.6 cm³/mol. The van der Waals surface area contributed by atoms with E-state index in [4.69, 9.17) is 0 Å². The van der Waals surface area contributed by atoms with Crippen LogP contribution in [0.5, 0.6) is 0 Å². The molecule has 2 rings (SSSR count). The molecule has 2 aromatic carbocycles. The summed E-state index contributed by atoms with van der Waals surface area (Å²) in [7, 11) is 0. The van der Waals surface area contributed by atoms with E-state index in [9.17, 15) is 4.91 Å². The van der Waals surface area contributed by atoms with Gasteiger partial charge in [-0.3, -0.25) is 0 Å². The van der Waals surface area contributed by atoms with Crippen molar-refractivity contribution < 1.29 is 0 Å². The highest BCUT2D eigenvalue weighted by Gasteiger charge is 2.16. The Kier molecular flexibility index (Phi) is 5.48. The normalized spacial score (nSPS) is 10.4. The highest BCUT2D eigenvalue weighted by atomic mass is 16.3. The number of aryl methyl sites for hydroxylation is 1. The lowest BCUT2D eigenvalue weighted by Gasteiger charge is -2.00. The Morgan fingerprint density at radius 2 is 1.45 bits per heavy atom. The monoisotopic (exact) mass is 268 g/mol. The minimum absolute atomic E-state index is 0.670. The molecule has 0 saturated carbocycles. The molecule has 0 fully saturated rings. The van der Waals surface area contributed by atoms with Gasteiger partial charge in [0.15, 0.2) is 0 Å². The van der Waals surface area contributed by atoms with E-state index < -0.39 is 0 Å². The Hall–Kier alpha value is -1.96. The van der Waals surface area contributed by atoms with E-state index in [0.717, 1.165) is 11.2 Å². The van der Waals surface area contributed by atoms with Gasteiger partial charge >= 0.3 is 0 Å². The molecule has 0 amide bonds. The van der Waals surface area contributed by atoms with E-state index in [0.29, 0.717) is 11.4 Å². The van der Waals surface area contributed by atoms with Gasteiger partial charge in [-0.15, -0.1) is 0 Å². The molecule has 0 aliphatic heterocycles.